The van der Waals surface area contributed by atoms with Gasteiger partial charge in [0.15, 0.2) is 5.76 Å². The van der Waals surface area contributed by atoms with Gasteiger partial charge in [-0.3, -0.25) is 9.69 Å². The molecule has 1 amide bonds. The second kappa shape index (κ2) is 9.19. The fraction of sp³-hybridized carbons (Fsp3) is 0.545. The zero-order valence-electron chi connectivity index (χ0n) is 17.9. The van der Waals surface area contributed by atoms with Crippen molar-refractivity contribution >= 4 is 35.1 Å². The molecule has 10 heteroatoms. The van der Waals surface area contributed by atoms with Crippen molar-refractivity contribution in [3.63, 3.8) is 0 Å². The lowest BCUT2D eigenvalue weighted by molar-refractivity contribution is -0.121. The molecule has 1 aromatic heterocycles. The maximum Gasteiger partial charge on any atom is 0.298 e. The van der Waals surface area contributed by atoms with Crippen LogP contribution in [0.1, 0.15) is 30.0 Å². The van der Waals surface area contributed by atoms with E-state index in [1.165, 1.54) is 0 Å². The van der Waals surface area contributed by atoms with Gasteiger partial charge in [0.05, 0.1) is 54.1 Å². The van der Waals surface area contributed by atoms with Gasteiger partial charge in [-0.05, 0) is 24.6 Å². The fourth-order valence-electron chi connectivity index (χ4n) is 4.42. The van der Waals surface area contributed by atoms with Gasteiger partial charge in [-0.1, -0.05) is 29.3 Å². The van der Waals surface area contributed by atoms with Crippen LogP contribution >= 0.6 is 23.2 Å². The first-order valence-electron chi connectivity index (χ1n) is 10.9. The van der Waals surface area contributed by atoms with Crippen LogP contribution in [0.15, 0.2) is 22.6 Å². The van der Waals surface area contributed by atoms with Crippen molar-refractivity contribution in [2.45, 2.75) is 38.1 Å². The first kappa shape index (κ1) is 22.0. The Balaban J connectivity index is 1.13. The molecule has 3 aliphatic rings. The van der Waals surface area contributed by atoms with Crippen molar-refractivity contribution < 1.29 is 18.7 Å². The molecule has 4 heterocycles. The summed E-state index contributed by atoms with van der Waals surface area (Å²) < 4.78 is 17.5. The first-order chi connectivity index (χ1) is 15.5. The summed E-state index contributed by atoms with van der Waals surface area (Å²) in [5.41, 5.74) is 1.76. The topological polar surface area (TPSA) is 80.1 Å². The quantitative estimate of drug-likeness (QED) is 0.680. The number of ether oxygens (including phenoxy) is 2. The number of benzene rings is 1. The van der Waals surface area contributed by atoms with Gasteiger partial charge >= 0.3 is 0 Å². The summed E-state index contributed by atoms with van der Waals surface area (Å²) in [5.74, 6) is 0.579. The molecule has 0 radical (unpaired) electrons. The highest BCUT2D eigenvalue weighted by Crippen LogP contribution is 2.38. The third-order valence-electron chi connectivity index (χ3n) is 6.16. The molecule has 1 aromatic carbocycles. The molecule has 3 atom stereocenters. The predicted octanol–water partition coefficient (Wildman–Crippen LogP) is 2.82. The van der Waals surface area contributed by atoms with Crippen LogP contribution < -0.4 is 10.2 Å². The van der Waals surface area contributed by atoms with E-state index in [4.69, 9.17) is 37.1 Å². The van der Waals surface area contributed by atoms with E-state index in [9.17, 15) is 4.79 Å². The normalized spacial score (nSPS) is 25.1. The van der Waals surface area contributed by atoms with E-state index in [0.717, 1.165) is 31.7 Å². The highest BCUT2D eigenvalue weighted by molar-refractivity contribution is 6.42. The minimum Gasteiger partial charge on any atom is -0.425 e. The highest BCUT2D eigenvalue weighted by atomic mass is 35.5. The Morgan fingerprint density at radius 3 is 2.97 bits per heavy atom. The number of nitrogens with one attached hydrogen (secondary N) is 1. The third-order valence-corrected chi connectivity index (χ3v) is 6.89. The van der Waals surface area contributed by atoms with Crippen molar-refractivity contribution in [2.24, 2.45) is 0 Å². The Morgan fingerprint density at radius 1 is 1.25 bits per heavy atom. The van der Waals surface area contributed by atoms with E-state index in [-0.39, 0.29) is 30.6 Å². The van der Waals surface area contributed by atoms with Crippen LogP contribution in [0, 0.1) is 0 Å². The van der Waals surface area contributed by atoms with Gasteiger partial charge < -0.3 is 24.1 Å². The molecule has 2 fully saturated rings. The van der Waals surface area contributed by atoms with Crippen LogP contribution in [0.4, 0.5) is 6.01 Å². The van der Waals surface area contributed by atoms with Gasteiger partial charge in [0.25, 0.3) is 6.01 Å². The second-order valence-electron chi connectivity index (χ2n) is 8.59. The molecule has 3 aliphatic heterocycles. The van der Waals surface area contributed by atoms with E-state index >= 15 is 0 Å². The largest absolute Gasteiger partial charge is 0.425 e. The lowest BCUT2D eigenvalue weighted by atomic mass is 10.1. The van der Waals surface area contributed by atoms with Gasteiger partial charge in [0, 0.05) is 26.2 Å². The molecule has 5 rings (SSSR count). The van der Waals surface area contributed by atoms with Gasteiger partial charge in [-0.15, -0.1) is 0 Å². The van der Waals surface area contributed by atoms with Crippen LogP contribution in [-0.4, -0.2) is 67.3 Å². The van der Waals surface area contributed by atoms with Crippen LogP contribution in [0.25, 0.3) is 0 Å². The zero-order valence-corrected chi connectivity index (χ0v) is 19.4. The number of fused-ring (bicyclic) bond motifs is 6. The number of anilines is 1. The van der Waals surface area contributed by atoms with E-state index in [0.29, 0.717) is 47.3 Å². The monoisotopic (exact) mass is 480 g/mol. The Kier molecular flexibility index (Phi) is 6.31. The van der Waals surface area contributed by atoms with Gasteiger partial charge in [0.2, 0.25) is 5.91 Å². The molecule has 1 N–H and O–H groups in total. The molecule has 0 spiro atoms. The Hall–Kier alpha value is -1.84. The van der Waals surface area contributed by atoms with Gasteiger partial charge in [-0.25, -0.2) is 0 Å². The summed E-state index contributed by atoms with van der Waals surface area (Å²) in [6, 6.07) is 6.49. The minimum atomic E-state index is -0.152. The number of amides is 1. The number of carbonyl (C=O) groups excluding carboxylic acids is 1. The number of rotatable bonds is 6. The summed E-state index contributed by atoms with van der Waals surface area (Å²) in [7, 11) is 0. The number of halogens is 2. The number of oxazole rings is 1. The number of hydrogen-bond acceptors (Lipinski definition) is 7. The van der Waals surface area contributed by atoms with E-state index in [1.54, 1.807) is 0 Å². The SMILES string of the molecule is CC1COC2CN1c1nc(CC(=O)NC[C@H]3CN(Cc4ccc(Cl)c(Cl)c4)CCO3)c2o1. The van der Waals surface area contributed by atoms with Crippen LogP contribution in [0.2, 0.25) is 10.0 Å². The first-order valence-corrected chi connectivity index (χ1v) is 11.6. The third kappa shape index (κ3) is 4.61. The number of hydrogen-bond donors (Lipinski definition) is 1. The molecule has 0 aliphatic carbocycles. The molecular weight excluding hydrogens is 455 g/mol. The lowest BCUT2D eigenvalue weighted by Crippen LogP contribution is -2.47. The zero-order chi connectivity index (χ0) is 22.2. The summed E-state index contributed by atoms with van der Waals surface area (Å²) in [4.78, 5) is 21.5. The number of aromatic nitrogens is 1. The summed E-state index contributed by atoms with van der Waals surface area (Å²) in [5, 5.41) is 4.10. The highest BCUT2D eigenvalue weighted by Gasteiger charge is 2.39. The average molecular weight is 481 g/mol. The van der Waals surface area contributed by atoms with Crippen LogP contribution in [-0.2, 0) is 27.2 Å². The maximum absolute atomic E-state index is 12.6. The van der Waals surface area contributed by atoms with Crippen LogP contribution in [0.3, 0.4) is 0 Å². The molecule has 2 saturated heterocycles. The average Bonchev–Trinajstić information content (AvgIpc) is 3.14. The fourth-order valence-corrected chi connectivity index (χ4v) is 4.74. The van der Waals surface area contributed by atoms with Crippen molar-refractivity contribution in [3.05, 3.63) is 45.3 Å². The van der Waals surface area contributed by atoms with Gasteiger partial charge in [-0.2, -0.15) is 4.98 Å². The molecule has 2 unspecified atom stereocenters. The standard InChI is InChI=1S/C22H26Cl2N4O4/c1-13-12-31-19-11-28(13)22-26-18(21(19)32-22)7-20(29)25-8-15-10-27(4-5-30-15)9-14-2-3-16(23)17(24)6-14/h2-3,6,13,15,19H,4-5,7-12H2,1H3,(H,25,29)/t13?,15-,19?/m0/s1. The molecular formula is C22H26Cl2N4O4. The minimum absolute atomic E-state index is 0.0759. The Bertz CT molecular complexity index is 1000. The number of nitrogens with zero attached hydrogens (tertiary/aromatic N) is 3. The summed E-state index contributed by atoms with van der Waals surface area (Å²) in [6.07, 6.45) is -0.0609. The molecule has 172 valence electrons. The number of morpholine rings is 2. The summed E-state index contributed by atoms with van der Waals surface area (Å²) >= 11 is 12.1. The van der Waals surface area contributed by atoms with Crippen LogP contribution in [0.5, 0.6) is 0 Å². The lowest BCUT2D eigenvalue weighted by Gasteiger charge is -2.38. The Labute approximate surface area is 196 Å². The molecule has 0 saturated carbocycles. The molecule has 32 heavy (non-hydrogen) atoms. The molecule has 8 nitrogen and oxygen atoms in total. The smallest absolute Gasteiger partial charge is 0.298 e. The number of carbonyl (C=O) groups is 1. The second-order valence-corrected chi connectivity index (χ2v) is 9.40. The summed E-state index contributed by atoms with van der Waals surface area (Å²) in [6.45, 7) is 6.80. The van der Waals surface area contributed by atoms with Crippen molar-refractivity contribution in [3.8, 4) is 0 Å². The Morgan fingerprint density at radius 2 is 2.12 bits per heavy atom. The van der Waals surface area contributed by atoms with Gasteiger partial charge in [0.1, 0.15) is 6.10 Å². The predicted molar refractivity (Wildman–Crippen MR) is 120 cm³/mol. The maximum atomic E-state index is 12.6. The molecule has 2 aromatic rings. The van der Waals surface area contributed by atoms with E-state index < -0.39 is 0 Å². The van der Waals surface area contributed by atoms with E-state index in [1.807, 2.05) is 18.2 Å². The van der Waals surface area contributed by atoms with Crippen molar-refractivity contribution in [1.82, 2.24) is 15.2 Å². The van der Waals surface area contributed by atoms with Crippen molar-refractivity contribution in [2.75, 3.05) is 44.3 Å². The van der Waals surface area contributed by atoms with Crippen molar-refractivity contribution in [1.29, 1.82) is 0 Å². The van der Waals surface area contributed by atoms with E-state index in [2.05, 4.69) is 27.0 Å². The molecule has 4 bridgehead atoms.